The van der Waals surface area contributed by atoms with Crippen LogP contribution in [0.25, 0.3) is 22.2 Å². The number of halogens is 1. The van der Waals surface area contributed by atoms with Gasteiger partial charge < -0.3 is 9.76 Å². The van der Waals surface area contributed by atoms with Crippen molar-refractivity contribution in [2.24, 2.45) is 0 Å². The molecule has 2 aromatic heterocycles. The molecule has 3 rings (SSSR count). The van der Waals surface area contributed by atoms with Crippen LogP contribution in [0.3, 0.4) is 0 Å². The summed E-state index contributed by atoms with van der Waals surface area (Å²) >= 11 is 0. The Morgan fingerprint density at radius 3 is 2.52 bits per heavy atom. The van der Waals surface area contributed by atoms with Crippen LogP contribution in [0.2, 0.25) is 0 Å². The van der Waals surface area contributed by atoms with Gasteiger partial charge >= 0.3 is 13.6 Å². The molecule has 3 aromatic rings. The molecule has 0 aliphatic rings. The molecule has 0 saturated carbocycles. The summed E-state index contributed by atoms with van der Waals surface area (Å²) in [5, 5.41) is 10.4. The number of hydrogen-bond acceptors (Lipinski definition) is 4. The Kier molecular flexibility index (Phi) is 4.35. The summed E-state index contributed by atoms with van der Waals surface area (Å²) in [6.45, 7) is 5.34. The van der Waals surface area contributed by atoms with E-state index in [2.05, 4.69) is 4.98 Å². The Morgan fingerprint density at radius 1 is 1.24 bits per heavy atom. The minimum atomic E-state index is -0.660. The van der Waals surface area contributed by atoms with Crippen molar-refractivity contribution in [3.63, 3.8) is 0 Å². The fraction of sp³-hybridized carbons (Fsp3) is 0.222. The summed E-state index contributed by atoms with van der Waals surface area (Å²) in [5.74, 6) is -0.335. The van der Waals surface area contributed by atoms with Crippen LogP contribution in [-0.2, 0) is 4.74 Å². The smallest absolute Gasteiger partial charge is 0.418 e. The lowest BCUT2D eigenvalue weighted by Crippen LogP contribution is -2.34. The van der Waals surface area contributed by atoms with Crippen LogP contribution in [0.4, 0.5) is 9.18 Å². The van der Waals surface area contributed by atoms with E-state index >= 15 is 0 Å². The first-order chi connectivity index (χ1) is 11.8. The summed E-state index contributed by atoms with van der Waals surface area (Å²) in [6, 6.07) is 9.35. The molecule has 25 heavy (non-hydrogen) atoms. The summed E-state index contributed by atoms with van der Waals surface area (Å²) in [7, 11) is -0.323. The highest BCUT2D eigenvalue weighted by molar-refractivity contribution is 6.46. The lowest BCUT2D eigenvalue weighted by Gasteiger charge is -2.20. The van der Waals surface area contributed by atoms with E-state index in [4.69, 9.17) is 4.74 Å². The molecule has 0 saturated heterocycles. The van der Waals surface area contributed by atoms with E-state index in [0.717, 1.165) is 5.56 Å². The van der Waals surface area contributed by atoms with Crippen LogP contribution in [0.15, 0.2) is 42.6 Å². The van der Waals surface area contributed by atoms with Gasteiger partial charge in [-0.1, -0.05) is 0 Å². The highest BCUT2D eigenvalue weighted by atomic mass is 19.1. The van der Waals surface area contributed by atoms with E-state index in [1.165, 1.54) is 16.7 Å². The van der Waals surface area contributed by atoms with Gasteiger partial charge in [0.25, 0.3) is 0 Å². The molecule has 7 heteroatoms. The summed E-state index contributed by atoms with van der Waals surface area (Å²) < 4.78 is 20.0. The molecule has 0 spiro atoms. The normalized spacial score (nSPS) is 11.6. The summed E-state index contributed by atoms with van der Waals surface area (Å²) in [4.78, 5) is 16.9. The fourth-order valence-corrected chi connectivity index (χ4v) is 2.66. The van der Waals surface area contributed by atoms with E-state index in [1.54, 1.807) is 51.2 Å². The molecule has 0 radical (unpaired) electrons. The number of rotatable bonds is 2. The van der Waals surface area contributed by atoms with Crippen molar-refractivity contribution < 1.29 is 18.9 Å². The van der Waals surface area contributed by atoms with Gasteiger partial charge in [0, 0.05) is 22.7 Å². The quantitative estimate of drug-likeness (QED) is 0.729. The van der Waals surface area contributed by atoms with Crippen LogP contribution in [-0.4, -0.2) is 33.8 Å². The van der Waals surface area contributed by atoms with E-state index in [9.17, 15) is 14.2 Å². The minimum Gasteiger partial charge on any atom is -0.448 e. The molecule has 0 aliphatic carbocycles. The second kappa shape index (κ2) is 6.33. The van der Waals surface area contributed by atoms with Crippen molar-refractivity contribution in [3.8, 4) is 11.3 Å². The zero-order chi connectivity index (χ0) is 18.2. The molecule has 1 N–H and O–H groups in total. The van der Waals surface area contributed by atoms with Crippen molar-refractivity contribution in [2.45, 2.75) is 26.4 Å². The predicted octanol–water partition coefficient (Wildman–Crippen LogP) is 2.59. The Hall–Kier alpha value is -2.67. The molecule has 1 aromatic carbocycles. The molecular formula is C18H18BFN2O3. The Morgan fingerprint density at radius 2 is 1.92 bits per heavy atom. The number of nitrogens with zero attached hydrogens (tertiary/aromatic N) is 2. The number of carbonyl (C=O) groups excluding carboxylic acids is 1. The van der Waals surface area contributed by atoms with E-state index in [-0.39, 0.29) is 13.3 Å². The fourth-order valence-electron chi connectivity index (χ4n) is 2.66. The Labute approximate surface area is 145 Å². The maximum atomic E-state index is 13.2. The van der Waals surface area contributed by atoms with Gasteiger partial charge in [0.2, 0.25) is 0 Å². The number of aromatic nitrogens is 2. The van der Waals surface area contributed by atoms with Gasteiger partial charge in [-0.05, 0) is 57.2 Å². The van der Waals surface area contributed by atoms with Gasteiger partial charge in [-0.25, -0.2) is 9.18 Å². The maximum absolute atomic E-state index is 13.2. The number of carbonyl (C=O) groups is 1. The first-order valence-corrected chi connectivity index (χ1v) is 7.89. The molecule has 0 fully saturated rings. The monoisotopic (exact) mass is 340 g/mol. The van der Waals surface area contributed by atoms with Crippen LogP contribution >= 0.6 is 0 Å². The number of hydrogen-bond donors (Lipinski definition) is 1. The number of ether oxygens (including phenoxy) is 1. The lowest BCUT2D eigenvalue weighted by molar-refractivity contribution is 0.0549. The standard InChI is InChI=1S/C18H18BFN2O3/c1-18(2,3)25-17(23)22-14-8-9-21-16(13(14)10-15(22)19-24)11-4-6-12(20)7-5-11/h4-10,19,24H,1-3H3. The van der Waals surface area contributed by atoms with Crippen molar-refractivity contribution in [2.75, 3.05) is 0 Å². The van der Waals surface area contributed by atoms with E-state index in [0.29, 0.717) is 22.2 Å². The second-order valence-electron chi connectivity index (χ2n) is 6.71. The van der Waals surface area contributed by atoms with Crippen LogP contribution in [0.1, 0.15) is 20.8 Å². The second-order valence-corrected chi connectivity index (χ2v) is 6.71. The van der Waals surface area contributed by atoms with Gasteiger partial charge in [-0.15, -0.1) is 0 Å². The molecule has 2 heterocycles. The average Bonchev–Trinajstić information content (AvgIpc) is 2.92. The third-order valence-electron chi connectivity index (χ3n) is 3.66. The number of benzene rings is 1. The van der Waals surface area contributed by atoms with Gasteiger partial charge in [-0.2, -0.15) is 0 Å². The largest absolute Gasteiger partial charge is 0.448 e. The van der Waals surface area contributed by atoms with Gasteiger partial charge in [0.1, 0.15) is 11.4 Å². The minimum absolute atomic E-state index is 0.323. The van der Waals surface area contributed by atoms with Crippen molar-refractivity contribution in [1.29, 1.82) is 0 Å². The van der Waals surface area contributed by atoms with Gasteiger partial charge in [0.05, 0.1) is 11.2 Å². The summed E-state index contributed by atoms with van der Waals surface area (Å²) in [5.41, 5.74) is 1.65. The zero-order valence-electron chi connectivity index (χ0n) is 14.3. The van der Waals surface area contributed by atoms with Crippen LogP contribution in [0.5, 0.6) is 0 Å². The Bertz CT molecular complexity index is 930. The first kappa shape index (κ1) is 17.2. The van der Waals surface area contributed by atoms with Gasteiger partial charge in [0.15, 0.2) is 0 Å². The summed E-state index contributed by atoms with van der Waals surface area (Å²) in [6.07, 6.45) is 1.01. The average molecular weight is 340 g/mol. The molecule has 128 valence electrons. The first-order valence-electron chi connectivity index (χ1n) is 7.89. The van der Waals surface area contributed by atoms with Crippen LogP contribution in [0, 0.1) is 5.82 Å². The third-order valence-corrected chi connectivity index (χ3v) is 3.66. The molecule has 0 atom stereocenters. The molecule has 0 amide bonds. The third kappa shape index (κ3) is 3.41. The molecule has 0 bridgehead atoms. The van der Waals surface area contributed by atoms with Crippen molar-refractivity contribution >= 4 is 30.1 Å². The number of pyridine rings is 1. The lowest BCUT2D eigenvalue weighted by atomic mass is 9.95. The topological polar surface area (TPSA) is 64.3 Å². The highest BCUT2D eigenvalue weighted by Gasteiger charge is 2.23. The predicted molar refractivity (Wildman–Crippen MR) is 95.8 cm³/mol. The SMILES string of the molecule is CC(C)(C)OC(=O)n1c(BO)cc2c(-c3ccc(F)cc3)nccc21. The maximum Gasteiger partial charge on any atom is 0.418 e. The molecule has 5 nitrogen and oxygen atoms in total. The van der Waals surface area contributed by atoms with E-state index < -0.39 is 11.7 Å². The molecule has 0 aliphatic heterocycles. The molecular weight excluding hydrogens is 322 g/mol. The Balaban J connectivity index is 2.18. The van der Waals surface area contributed by atoms with Crippen molar-refractivity contribution in [3.05, 3.63) is 48.4 Å². The van der Waals surface area contributed by atoms with Crippen LogP contribution < -0.4 is 5.59 Å². The van der Waals surface area contributed by atoms with E-state index in [1.807, 2.05) is 0 Å². The molecule has 0 unspecified atom stereocenters. The zero-order valence-corrected chi connectivity index (χ0v) is 14.3. The van der Waals surface area contributed by atoms with Crippen molar-refractivity contribution in [1.82, 2.24) is 9.55 Å². The highest BCUT2D eigenvalue weighted by Crippen LogP contribution is 2.27. The van der Waals surface area contributed by atoms with Gasteiger partial charge in [-0.3, -0.25) is 9.55 Å². The number of fused-ring (bicyclic) bond motifs is 1.